The topological polar surface area (TPSA) is 86.7 Å². The summed E-state index contributed by atoms with van der Waals surface area (Å²) in [5.41, 5.74) is 0. The summed E-state index contributed by atoms with van der Waals surface area (Å²) >= 11 is 0. The Labute approximate surface area is 138 Å². The predicted octanol–water partition coefficient (Wildman–Crippen LogP) is 2.03. The van der Waals surface area contributed by atoms with Crippen LogP contribution in [0, 0.1) is 11.8 Å². The fraction of sp³-hybridized carbons (Fsp3) is 0.824. The second-order valence-corrected chi connectivity index (χ2v) is 6.60. The molecule has 0 unspecified atom stereocenters. The normalized spacial score (nSPS) is 15.7. The molecule has 1 heterocycles. The first-order valence-electron chi connectivity index (χ1n) is 8.70. The molecule has 6 nitrogen and oxygen atoms in total. The predicted molar refractivity (Wildman–Crippen MR) is 87.9 cm³/mol. The minimum absolute atomic E-state index is 0.0122. The van der Waals surface area contributed by atoms with E-state index < -0.39 is 5.97 Å². The molecule has 0 aromatic carbocycles. The number of carbonyl (C=O) groups is 3. The maximum Gasteiger partial charge on any atom is 0.303 e. The molecule has 23 heavy (non-hydrogen) atoms. The standard InChI is InChI=1S/C17H30N2O4/c1-13(2)17(23)19-11-8-14(9-12-19)16(22)18-10-6-4-3-5-7-15(20)21/h13-14H,3-12H2,1-2H3,(H,18,22)(H,20,21). The van der Waals surface area contributed by atoms with Crippen LogP contribution >= 0.6 is 0 Å². The van der Waals surface area contributed by atoms with Gasteiger partial charge in [0.2, 0.25) is 11.8 Å². The average molecular weight is 326 g/mol. The number of nitrogens with one attached hydrogen (secondary N) is 1. The molecule has 0 atom stereocenters. The quantitative estimate of drug-likeness (QED) is 0.635. The molecule has 0 aromatic heterocycles. The van der Waals surface area contributed by atoms with Crippen LogP contribution in [0.3, 0.4) is 0 Å². The van der Waals surface area contributed by atoms with E-state index in [0.717, 1.165) is 32.1 Å². The third-order valence-electron chi connectivity index (χ3n) is 4.29. The first kappa shape index (κ1) is 19.5. The molecule has 0 radical (unpaired) electrons. The Hall–Kier alpha value is -1.59. The number of carbonyl (C=O) groups excluding carboxylic acids is 2. The lowest BCUT2D eigenvalue weighted by molar-refractivity contribution is -0.138. The average Bonchev–Trinajstić information content (AvgIpc) is 2.52. The zero-order valence-corrected chi connectivity index (χ0v) is 14.3. The number of aliphatic carboxylic acids is 1. The SMILES string of the molecule is CC(C)C(=O)N1CCC(C(=O)NCCCCCCC(=O)O)CC1. The lowest BCUT2D eigenvalue weighted by atomic mass is 9.95. The number of rotatable bonds is 9. The Morgan fingerprint density at radius 2 is 1.70 bits per heavy atom. The Morgan fingerprint density at radius 1 is 1.09 bits per heavy atom. The number of carboxylic acids is 1. The van der Waals surface area contributed by atoms with E-state index in [0.29, 0.717) is 26.1 Å². The van der Waals surface area contributed by atoms with Crippen molar-refractivity contribution in [3.63, 3.8) is 0 Å². The molecule has 2 amide bonds. The fourth-order valence-corrected chi connectivity index (χ4v) is 2.84. The smallest absolute Gasteiger partial charge is 0.303 e. The molecule has 132 valence electrons. The van der Waals surface area contributed by atoms with E-state index in [2.05, 4.69) is 5.32 Å². The van der Waals surface area contributed by atoms with Crippen molar-refractivity contribution >= 4 is 17.8 Å². The van der Waals surface area contributed by atoms with Crippen molar-refractivity contribution in [2.75, 3.05) is 19.6 Å². The van der Waals surface area contributed by atoms with Crippen LogP contribution in [0.5, 0.6) is 0 Å². The van der Waals surface area contributed by atoms with Crippen LogP contribution in [0.4, 0.5) is 0 Å². The fourth-order valence-electron chi connectivity index (χ4n) is 2.84. The van der Waals surface area contributed by atoms with Gasteiger partial charge in [0, 0.05) is 37.9 Å². The van der Waals surface area contributed by atoms with Crippen molar-refractivity contribution in [1.82, 2.24) is 10.2 Å². The van der Waals surface area contributed by atoms with E-state index in [4.69, 9.17) is 5.11 Å². The van der Waals surface area contributed by atoms with Crippen molar-refractivity contribution in [2.24, 2.45) is 11.8 Å². The van der Waals surface area contributed by atoms with E-state index in [1.807, 2.05) is 18.7 Å². The molecule has 0 aromatic rings. The van der Waals surface area contributed by atoms with Crippen LogP contribution in [-0.4, -0.2) is 47.4 Å². The number of nitrogens with zero attached hydrogens (tertiary/aromatic N) is 1. The van der Waals surface area contributed by atoms with Gasteiger partial charge in [0.05, 0.1) is 0 Å². The zero-order chi connectivity index (χ0) is 17.2. The Bertz CT molecular complexity index is 401. The molecule has 0 saturated carbocycles. The molecule has 1 aliphatic heterocycles. The number of piperidine rings is 1. The number of hydrogen-bond acceptors (Lipinski definition) is 3. The van der Waals surface area contributed by atoms with Gasteiger partial charge >= 0.3 is 5.97 Å². The van der Waals surface area contributed by atoms with Crippen LogP contribution in [0.25, 0.3) is 0 Å². The molecule has 1 fully saturated rings. The van der Waals surface area contributed by atoms with Crippen molar-refractivity contribution in [3.05, 3.63) is 0 Å². The Morgan fingerprint density at radius 3 is 2.26 bits per heavy atom. The van der Waals surface area contributed by atoms with Gasteiger partial charge in [-0.05, 0) is 25.7 Å². The number of carboxylic acid groups (broad SMARTS) is 1. The van der Waals surface area contributed by atoms with E-state index in [-0.39, 0.29) is 30.1 Å². The highest BCUT2D eigenvalue weighted by molar-refractivity contribution is 5.80. The third-order valence-corrected chi connectivity index (χ3v) is 4.29. The third kappa shape index (κ3) is 7.48. The molecule has 6 heteroatoms. The molecular formula is C17H30N2O4. The van der Waals surface area contributed by atoms with Crippen molar-refractivity contribution in [3.8, 4) is 0 Å². The lowest BCUT2D eigenvalue weighted by Gasteiger charge is -2.32. The minimum atomic E-state index is -0.749. The first-order valence-corrected chi connectivity index (χ1v) is 8.70. The maximum atomic E-state index is 12.1. The number of unbranched alkanes of at least 4 members (excludes halogenated alkanes) is 3. The number of likely N-dealkylation sites (tertiary alicyclic amines) is 1. The van der Waals surface area contributed by atoms with Gasteiger partial charge in [-0.1, -0.05) is 26.7 Å². The highest BCUT2D eigenvalue weighted by Crippen LogP contribution is 2.19. The monoisotopic (exact) mass is 326 g/mol. The summed E-state index contributed by atoms with van der Waals surface area (Å²) < 4.78 is 0. The van der Waals surface area contributed by atoms with Crippen LogP contribution in [0.2, 0.25) is 0 Å². The zero-order valence-electron chi connectivity index (χ0n) is 14.3. The second-order valence-electron chi connectivity index (χ2n) is 6.60. The van der Waals surface area contributed by atoms with E-state index >= 15 is 0 Å². The summed E-state index contributed by atoms with van der Waals surface area (Å²) in [7, 11) is 0. The molecule has 0 aliphatic carbocycles. The van der Waals surface area contributed by atoms with Gasteiger partial charge in [0.15, 0.2) is 0 Å². The highest BCUT2D eigenvalue weighted by atomic mass is 16.4. The van der Waals surface area contributed by atoms with Crippen LogP contribution in [0.1, 0.15) is 58.8 Å². The summed E-state index contributed by atoms with van der Waals surface area (Å²) in [4.78, 5) is 36.2. The summed E-state index contributed by atoms with van der Waals surface area (Å²) in [5.74, 6) is -0.460. The van der Waals surface area contributed by atoms with Gasteiger partial charge in [0.1, 0.15) is 0 Å². The summed E-state index contributed by atoms with van der Waals surface area (Å²) in [5, 5.41) is 11.5. The minimum Gasteiger partial charge on any atom is -0.481 e. The van der Waals surface area contributed by atoms with Gasteiger partial charge in [-0.25, -0.2) is 0 Å². The molecule has 2 N–H and O–H groups in total. The Kier molecular flexibility index (Phi) is 8.66. The van der Waals surface area contributed by atoms with E-state index in [1.54, 1.807) is 0 Å². The van der Waals surface area contributed by atoms with Crippen LogP contribution < -0.4 is 5.32 Å². The number of amides is 2. The number of hydrogen-bond donors (Lipinski definition) is 2. The second kappa shape index (κ2) is 10.2. The largest absolute Gasteiger partial charge is 0.481 e. The van der Waals surface area contributed by atoms with E-state index in [9.17, 15) is 14.4 Å². The van der Waals surface area contributed by atoms with Gasteiger partial charge in [-0.3, -0.25) is 14.4 Å². The molecule has 1 rings (SSSR count). The van der Waals surface area contributed by atoms with E-state index in [1.165, 1.54) is 0 Å². The van der Waals surface area contributed by atoms with Gasteiger partial charge < -0.3 is 15.3 Å². The van der Waals surface area contributed by atoms with Gasteiger partial charge in [-0.15, -0.1) is 0 Å². The summed E-state index contributed by atoms with van der Waals surface area (Å²) in [6, 6.07) is 0. The van der Waals surface area contributed by atoms with Crippen molar-refractivity contribution in [2.45, 2.75) is 58.8 Å². The van der Waals surface area contributed by atoms with Crippen LogP contribution in [-0.2, 0) is 14.4 Å². The van der Waals surface area contributed by atoms with Crippen LogP contribution in [0.15, 0.2) is 0 Å². The highest BCUT2D eigenvalue weighted by Gasteiger charge is 2.27. The van der Waals surface area contributed by atoms with Crippen molar-refractivity contribution in [1.29, 1.82) is 0 Å². The Balaban J connectivity index is 2.10. The first-order chi connectivity index (χ1) is 10.9. The summed E-state index contributed by atoms with van der Waals surface area (Å²) in [6.45, 7) is 5.79. The van der Waals surface area contributed by atoms with Gasteiger partial charge in [-0.2, -0.15) is 0 Å². The summed E-state index contributed by atoms with van der Waals surface area (Å²) in [6.07, 6.45) is 5.11. The molecule has 0 spiro atoms. The van der Waals surface area contributed by atoms with Gasteiger partial charge in [0.25, 0.3) is 0 Å². The maximum absolute atomic E-state index is 12.1. The molecule has 1 aliphatic rings. The van der Waals surface area contributed by atoms with Crippen molar-refractivity contribution < 1.29 is 19.5 Å². The lowest BCUT2D eigenvalue weighted by Crippen LogP contribution is -2.44. The molecular weight excluding hydrogens is 296 g/mol. The molecule has 1 saturated heterocycles. The molecule has 0 bridgehead atoms.